The molecule has 1 aromatic carbocycles. The molecule has 0 amide bonds. The van der Waals surface area contributed by atoms with Crippen LogP contribution in [0.1, 0.15) is 5.56 Å². The summed E-state index contributed by atoms with van der Waals surface area (Å²) in [6.07, 6.45) is 0. The van der Waals surface area contributed by atoms with Gasteiger partial charge in [0, 0.05) is 24.1 Å². The number of rotatable bonds is 4. The van der Waals surface area contributed by atoms with Crippen molar-refractivity contribution in [1.29, 1.82) is 0 Å². The highest BCUT2D eigenvalue weighted by Crippen LogP contribution is 2.33. The molecule has 100 valence electrons. The highest BCUT2D eigenvalue weighted by atomic mass is 79.9. The molecule has 5 heteroatoms. The molecule has 0 spiro atoms. The van der Waals surface area contributed by atoms with Gasteiger partial charge in [0.1, 0.15) is 0 Å². The van der Waals surface area contributed by atoms with Gasteiger partial charge in [-0.15, -0.1) is 0 Å². The first-order valence-corrected chi connectivity index (χ1v) is 6.74. The number of hydrogen-bond donors (Lipinski definition) is 0. The molecule has 4 nitrogen and oxygen atoms in total. The summed E-state index contributed by atoms with van der Waals surface area (Å²) in [6, 6.07) is 3.98. The molecule has 1 aromatic rings. The number of hydrogen-bond acceptors (Lipinski definition) is 4. The minimum atomic E-state index is 0.745. The molecule has 0 aliphatic carbocycles. The SMILES string of the molecule is COc1cc(Br)c(CN2CCOCC2)cc1OC. The molecule has 0 unspecified atom stereocenters. The molecule has 2 rings (SSSR count). The first kappa shape index (κ1) is 13.6. The van der Waals surface area contributed by atoms with Crippen LogP contribution >= 0.6 is 15.9 Å². The lowest BCUT2D eigenvalue weighted by Crippen LogP contribution is -2.35. The van der Waals surface area contributed by atoms with E-state index in [1.807, 2.05) is 12.1 Å². The Bertz CT molecular complexity index is 405. The van der Waals surface area contributed by atoms with Crippen LogP contribution in [0.25, 0.3) is 0 Å². The lowest BCUT2D eigenvalue weighted by atomic mass is 10.2. The minimum Gasteiger partial charge on any atom is -0.493 e. The molecule has 0 radical (unpaired) electrons. The van der Waals surface area contributed by atoms with Crippen LogP contribution < -0.4 is 9.47 Å². The van der Waals surface area contributed by atoms with Gasteiger partial charge in [-0.1, -0.05) is 15.9 Å². The topological polar surface area (TPSA) is 30.9 Å². The molecule has 1 aliphatic rings. The van der Waals surface area contributed by atoms with Crippen LogP contribution in [0, 0.1) is 0 Å². The van der Waals surface area contributed by atoms with Gasteiger partial charge < -0.3 is 14.2 Å². The molecular formula is C13H18BrNO3. The quantitative estimate of drug-likeness (QED) is 0.853. The monoisotopic (exact) mass is 315 g/mol. The average molecular weight is 316 g/mol. The molecule has 0 aromatic heterocycles. The van der Waals surface area contributed by atoms with Gasteiger partial charge in [-0.05, 0) is 17.7 Å². The van der Waals surface area contributed by atoms with Crippen molar-refractivity contribution >= 4 is 15.9 Å². The fraction of sp³-hybridized carbons (Fsp3) is 0.538. The van der Waals surface area contributed by atoms with Gasteiger partial charge in [0.05, 0.1) is 27.4 Å². The molecule has 1 saturated heterocycles. The van der Waals surface area contributed by atoms with Crippen molar-refractivity contribution in [3.05, 3.63) is 22.2 Å². The van der Waals surface area contributed by atoms with Crippen LogP contribution in [0.15, 0.2) is 16.6 Å². The molecule has 1 heterocycles. The molecule has 18 heavy (non-hydrogen) atoms. The molecular weight excluding hydrogens is 298 g/mol. The molecule has 0 saturated carbocycles. The van der Waals surface area contributed by atoms with E-state index in [1.54, 1.807) is 14.2 Å². The maximum absolute atomic E-state index is 5.35. The smallest absolute Gasteiger partial charge is 0.161 e. The van der Waals surface area contributed by atoms with E-state index in [0.717, 1.165) is 48.8 Å². The van der Waals surface area contributed by atoms with E-state index in [-0.39, 0.29) is 0 Å². The molecule has 0 bridgehead atoms. The van der Waals surface area contributed by atoms with Crippen molar-refractivity contribution in [2.75, 3.05) is 40.5 Å². The van der Waals surface area contributed by atoms with Crippen molar-refractivity contribution in [2.24, 2.45) is 0 Å². The van der Waals surface area contributed by atoms with Crippen LogP contribution in [0.4, 0.5) is 0 Å². The number of morpholine rings is 1. The summed E-state index contributed by atoms with van der Waals surface area (Å²) in [6.45, 7) is 4.46. The van der Waals surface area contributed by atoms with Crippen molar-refractivity contribution in [2.45, 2.75) is 6.54 Å². The van der Waals surface area contributed by atoms with E-state index in [2.05, 4.69) is 20.8 Å². The van der Waals surface area contributed by atoms with Crippen LogP contribution in [-0.2, 0) is 11.3 Å². The summed E-state index contributed by atoms with van der Waals surface area (Å²) in [4.78, 5) is 2.37. The normalized spacial score (nSPS) is 16.6. The largest absolute Gasteiger partial charge is 0.493 e. The second-order valence-electron chi connectivity index (χ2n) is 4.19. The van der Waals surface area contributed by atoms with E-state index < -0.39 is 0 Å². The Balaban J connectivity index is 2.16. The Hall–Kier alpha value is -0.780. The second kappa shape index (κ2) is 6.41. The summed E-state index contributed by atoms with van der Waals surface area (Å²) >= 11 is 3.58. The summed E-state index contributed by atoms with van der Waals surface area (Å²) in [7, 11) is 3.30. The zero-order valence-corrected chi connectivity index (χ0v) is 12.3. The Morgan fingerprint density at radius 3 is 2.39 bits per heavy atom. The molecule has 1 aliphatic heterocycles. The van der Waals surface area contributed by atoms with Crippen molar-refractivity contribution in [3.8, 4) is 11.5 Å². The summed E-state index contributed by atoms with van der Waals surface area (Å²) in [5.41, 5.74) is 1.20. The van der Waals surface area contributed by atoms with Gasteiger partial charge in [-0.2, -0.15) is 0 Å². The van der Waals surface area contributed by atoms with Crippen LogP contribution in [0.3, 0.4) is 0 Å². The van der Waals surface area contributed by atoms with E-state index in [0.29, 0.717) is 0 Å². The lowest BCUT2D eigenvalue weighted by Gasteiger charge is -2.27. The van der Waals surface area contributed by atoms with Gasteiger partial charge in [-0.3, -0.25) is 4.90 Å². The van der Waals surface area contributed by atoms with E-state index in [4.69, 9.17) is 14.2 Å². The Labute approximate surface area is 116 Å². The average Bonchev–Trinajstić information content (AvgIpc) is 2.41. The fourth-order valence-corrected chi connectivity index (χ4v) is 2.47. The van der Waals surface area contributed by atoms with Crippen LogP contribution in [-0.4, -0.2) is 45.4 Å². The lowest BCUT2D eigenvalue weighted by molar-refractivity contribution is 0.0340. The summed E-state index contributed by atoms with van der Waals surface area (Å²) < 4.78 is 17.0. The molecule has 0 atom stereocenters. The third kappa shape index (κ3) is 3.16. The van der Waals surface area contributed by atoms with Crippen molar-refractivity contribution in [3.63, 3.8) is 0 Å². The van der Waals surface area contributed by atoms with Crippen molar-refractivity contribution < 1.29 is 14.2 Å². The van der Waals surface area contributed by atoms with E-state index in [9.17, 15) is 0 Å². The fourth-order valence-electron chi connectivity index (χ4n) is 2.02. The van der Waals surface area contributed by atoms with Gasteiger partial charge in [0.15, 0.2) is 11.5 Å². The van der Waals surface area contributed by atoms with Gasteiger partial charge in [0.2, 0.25) is 0 Å². The van der Waals surface area contributed by atoms with E-state index >= 15 is 0 Å². The minimum absolute atomic E-state index is 0.745. The highest BCUT2D eigenvalue weighted by molar-refractivity contribution is 9.10. The number of halogens is 1. The van der Waals surface area contributed by atoms with Gasteiger partial charge >= 0.3 is 0 Å². The number of benzene rings is 1. The Morgan fingerprint density at radius 1 is 1.17 bits per heavy atom. The van der Waals surface area contributed by atoms with Crippen molar-refractivity contribution in [1.82, 2.24) is 4.90 Å². The number of methoxy groups -OCH3 is 2. The second-order valence-corrected chi connectivity index (χ2v) is 5.04. The predicted molar refractivity (Wildman–Crippen MR) is 73.3 cm³/mol. The zero-order valence-electron chi connectivity index (χ0n) is 10.7. The highest BCUT2D eigenvalue weighted by Gasteiger charge is 2.15. The third-order valence-corrected chi connectivity index (χ3v) is 3.79. The maximum Gasteiger partial charge on any atom is 0.161 e. The Kier molecular flexibility index (Phi) is 4.86. The van der Waals surface area contributed by atoms with Crippen LogP contribution in [0.2, 0.25) is 0 Å². The van der Waals surface area contributed by atoms with Crippen LogP contribution in [0.5, 0.6) is 11.5 Å². The molecule has 0 N–H and O–H groups in total. The third-order valence-electron chi connectivity index (χ3n) is 3.05. The standard InChI is InChI=1S/C13H18BrNO3/c1-16-12-7-10(11(14)8-13(12)17-2)9-15-3-5-18-6-4-15/h7-8H,3-6,9H2,1-2H3. The van der Waals surface area contributed by atoms with Gasteiger partial charge in [-0.25, -0.2) is 0 Å². The Morgan fingerprint density at radius 2 is 1.78 bits per heavy atom. The summed E-state index contributed by atoms with van der Waals surface area (Å²) in [5, 5.41) is 0. The zero-order chi connectivity index (χ0) is 13.0. The first-order chi connectivity index (χ1) is 8.74. The maximum atomic E-state index is 5.35. The van der Waals surface area contributed by atoms with E-state index in [1.165, 1.54) is 5.56 Å². The summed E-state index contributed by atoms with van der Waals surface area (Å²) in [5.74, 6) is 1.51. The number of ether oxygens (including phenoxy) is 3. The van der Waals surface area contributed by atoms with Gasteiger partial charge in [0.25, 0.3) is 0 Å². The number of nitrogens with zero attached hydrogens (tertiary/aromatic N) is 1. The first-order valence-electron chi connectivity index (χ1n) is 5.95. The predicted octanol–water partition coefficient (Wildman–Crippen LogP) is 2.30. The molecule has 1 fully saturated rings.